The quantitative estimate of drug-likeness (QED) is 0.138. The van der Waals surface area contributed by atoms with E-state index in [4.69, 9.17) is 14.2 Å². The largest absolute Gasteiger partial charge is 0.494 e. The van der Waals surface area contributed by atoms with Crippen molar-refractivity contribution in [1.29, 1.82) is 0 Å². The van der Waals surface area contributed by atoms with Gasteiger partial charge in [-0.15, -0.1) is 0 Å². The lowest BCUT2D eigenvalue weighted by Gasteiger charge is -2.19. The van der Waals surface area contributed by atoms with Crippen LogP contribution in [0.25, 0.3) is 0 Å². The van der Waals surface area contributed by atoms with Gasteiger partial charge in [0.25, 0.3) is 6.47 Å². The molecule has 0 heterocycles. The minimum atomic E-state index is -0.715. The summed E-state index contributed by atoms with van der Waals surface area (Å²) in [5.41, 5.74) is 0.188. The van der Waals surface area contributed by atoms with Gasteiger partial charge in [-0.1, -0.05) is 64.5 Å². The van der Waals surface area contributed by atoms with Gasteiger partial charge >= 0.3 is 12.1 Å². The van der Waals surface area contributed by atoms with E-state index in [1.165, 1.54) is 45.6 Å². The minimum absolute atomic E-state index is 0.146. The van der Waals surface area contributed by atoms with Gasteiger partial charge in [0.1, 0.15) is 23.0 Å². The number of alkyl carbamates (subject to hydrolysis) is 1. The average Bonchev–Trinajstić information content (AvgIpc) is 2.99. The van der Waals surface area contributed by atoms with E-state index in [-0.39, 0.29) is 24.1 Å². The van der Waals surface area contributed by atoms with Crippen LogP contribution >= 0.6 is 0 Å². The van der Waals surface area contributed by atoms with E-state index in [0.717, 1.165) is 24.2 Å². The molecule has 0 aliphatic heterocycles. The number of ether oxygens (including phenoxy) is 4. The number of esters is 1. The molecule has 11 nitrogen and oxygen atoms in total. The molecule has 0 saturated heterocycles. The number of hydrogen-bond donors (Lipinski definition) is 3. The Balaban J connectivity index is 0. The Labute approximate surface area is 278 Å². The Kier molecular flexibility index (Phi) is 26.1. The van der Waals surface area contributed by atoms with Crippen LogP contribution in [0.5, 0.6) is 5.75 Å². The van der Waals surface area contributed by atoms with E-state index in [1.54, 1.807) is 7.05 Å². The monoisotopic (exact) mass is 653 g/mol. The van der Waals surface area contributed by atoms with Crippen LogP contribution in [0.2, 0.25) is 0 Å². The summed E-state index contributed by atoms with van der Waals surface area (Å²) in [7, 11) is 2.97. The smallest absolute Gasteiger partial charge is 0.407 e. The number of amides is 2. The highest BCUT2D eigenvalue weighted by Crippen LogP contribution is 2.16. The Morgan fingerprint density at radius 1 is 0.913 bits per heavy atom. The van der Waals surface area contributed by atoms with E-state index in [1.807, 2.05) is 79.7 Å². The van der Waals surface area contributed by atoms with Crippen molar-refractivity contribution in [2.75, 3.05) is 33.9 Å². The van der Waals surface area contributed by atoms with Crippen molar-refractivity contribution >= 4 is 24.4 Å². The number of carbonyl (C=O) groups excluding carboxylic acids is 4. The zero-order valence-corrected chi connectivity index (χ0v) is 30.2. The van der Waals surface area contributed by atoms with Crippen molar-refractivity contribution in [2.45, 2.75) is 130 Å². The zero-order chi connectivity index (χ0) is 35.4. The molecule has 266 valence electrons. The Hall–Kier alpha value is -3.34. The predicted molar refractivity (Wildman–Crippen MR) is 183 cm³/mol. The van der Waals surface area contributed by atoms with Gasteiger partial charge in [-0.2, -0.15) is 0 Å². The molecule has 1 saturated carbocycles. The first kappa shape index (κ1) is 44.8. The molecule has 1 aromatic carbocycles. The molecule has 46 heavy (non-hydrogen) atoms. The fraction of sp³-hybridized carbons (Fsp3) is 0.714. The highest BCUT2D eigenvalue weighted by atomic mass is 16.6. The highest BCUT2D eigenvalue weighted by Gasteiger charge is 2.22. The summed E-state index contributed by atoms with van der Waals surface area (Å²) in [5.74, 6) is 0.0325. The lowest BCUT2D eigenvalue weighted by atomic mass is 10.0. The van der Waals surface area contributed by atoms with Gasteiger partial charge in [-0.3, -0.25) is 9.59 Å². The van der Waals surface area contributed by atoms with Gasteiger partial charge in [-0.25, -0.2) is 9.59 Å². The van der Waals surface area contributed by atoms with E-state index in [2.05, 4.69) is 20.7 Å². The van der Waals surface area contributed by atoms with E-state index in [9.17, 15) is 19.2 Å². The van der Waals surface area contributed by atoms with Crippen molar-refractivity contribution in [2.24, 2.45) is 0 Å². The molecule has 0 spiro atoms. The van der Waals surface area contributed by atoms with Crippen LogP contribution in [0.15, 0.2) is 24.3 Å². The molecule has 1 aliphatic rings. The van der Waals surface area contributed by atoms with Crippen LogP contribution in [0.1, 0.15) is 112 Å². The lowest BCUT2D eigenvalue weighted by Crippen LogP contribution is -2.45. The third-order valence-electron chi connectivity index (χ3n) is 5.79. The first-order valence-electron chi connectivity index (χ1n) is 16.4. The Bertz CT molecular complexity index is 942. The van der Waals surface area contributed by atoms with Crippen molar-refractivity contribution in [1.82, 2.24) is 16.0 Å². The Morgan fingerprint density at radius 3 is 1.91 bits per heavy atom. The fourth-order valence-electron chi connectivity index (χ4n) is 3.71. The standard InChI is InChI=1S/C16H24N2O4.C8H17NO2.C6H12.C5H10O2/c1-4-8-22-13-7-5-6-12(9-13)10-14(16(20)21-3)18-15(19)11-17-2;1-5-6-9-7(10)11-8(2,3)4;1-2-4-6-5-3-1;1-5(2,3)7-4-6/h5-7,9,14,17H,4,8,10-11H2,1-3H3,(H,18,19);5-6H2,1-4H3,(H,9,10);1-6H2;4H,1-3H3. The summed E-state index contributed by atoms with van der Waals surface area (Å²) >= 11 is 0. The van der Waals surface area contributed by atoms with Crippen molar-refractivity contribution in [3.8, 4) is 5.75 Å². The maximum absolute atomic E-state index is 11.8. The maximum atomic E-state index is 11.8. The van der Waals surface area contributed by atoms with Gasteiger partial charge in [0.2, 0.25) is 5.91 Å². The molecule has 1 aromatic rings. The highest BCUT2D eigenvalue weighted by molar-refractivity contribution is 5.85. The number of methoxy groups -OCH3 is 1. The topological polar surface area (TPSA) is 141 Å². The van der Waals surface area contributed by atoms with Crippen LogP contribution in [-0.4, -0.2) is 75.5 Å². The minimum Gasteiger partial charge on any atom is -0.494 e. The summed E-state index contributed by atoms with van der Waals surface area (Å²) in [6.45, 7) is 17.0. The molecule has 3 N–H and O–H groups in total. The van der Waals surface area contributed by atoms with Crippen LogP contribution in [0.3, 0.4) is 0 Å². The molecular weight excluding hydrogens is 590 g/mol. The molecular formula is C35H63N3O8. The molecule has 1 atom stereocenters. The molecule has 2 amide bonds. The lowest BCUT2D eigenvalue weighted by molar-refractivity contribution is -0.145. The first-order valence-corrected chi connectivity index (χ1v) is 16.4. The Morgan fingerprint density at radius 2 is 1.50 bits per heavy atom. The van der Waals surface area contributed by atoms with E-state index in [0.29, 0.717) is 26.0 Å². The van der Waals surface area contributed by atoms with Crippen LogP contribution in [-0.2, 0) is 35.0 Å². The van der Waals surface area contributed by atoms with E-state index < -0.39 is 17.6 Å². The van der Waals surface area contributed by atoms with E-state index >= 15 is 0 Å². The second-order valence-electron chi connectivity index (χ2n) is 12.8. The molecule has 11 heteroatoms. The van der Waals surface area contributed by atoms with Crippen LogP contribution < -0.4 is 20.7 Å². The summed E-state index contributed by atoms with van der Waals surface area (Å²) in [5, 5.41) is 8.03. The molecule has 1 unspecified atom stereocenters. The normalized spacial score (nSPS) is 12.9. The zero-order valence-electron chi connectivity index (χ0n) is 30.2. The molecule has 0 bridgehead atoms. The van der Waals surface area contributed by atoms with Crippen molar-refractivity contribution < 1.29 is 38.1 Å². The average molecular weight is 654 g/mol. The van der Waals surface area contributed by atoms with Crippen molar-refractivity contribution in [3.63, 3.8) is 0 Å². The number of likely N-dealkylation sites (N-methyl/N-ethyl adjacent to an activating group) is 1. The van der Waals surface area contributed by atoms with Crippen LogP contribution in [0.4, 0.5) is 4.79 Å². The summed E-state index contributed by atoms with van der Waals surface area (Å²) < 4.78 is 19.9. The predicted octanol–water partition coefficient (Wildman–Crippen LogP) is 6.11. The second kappa shape index (κ2) is 26.8. The molecule has 1 fully saturated rings. The summed E-state index contributed by atoms with van der Waals surface area (Å²) in [4.78, 5) is 44.0. The second-order valence-corrected chi connectivity index (χ2v) is 12.8. The summed E-state index contributed by atoms with van der Waals surface area (Å²) in [6.07, 6.45) is 10.9. The third-order valence-corrected chi connectivity index (χ3v) is 5.79. The molecule has 1 aliphatic carbocycles. The first-order chi connectivity index (χ1) is 21.6. The number of hydrogen-bond acceptors (Lipinski definition) is 9. The van der Waals surface area contributed by atoms with Gasteiger partial charge in [0, 0.05) is 13.0 Å². The van der Waals surface area contributed by atoms with Crippen LogP contribution in [0, 0.1) is 0 Å². The SMILES string of the molecule is C1CCCCC1.CC(C)(C)OC=O.CCCNC(=O)OC(C)(C)C.CCCOc1cccc(CC(NC(=O)CNC)C(=O)OC)c1. The van der Waals surface area contributed by atoms with Gasteiger partial charge in [-0.05, 0) is 79.1 Å². The number of rotatable bonds is 12. The van der Waals surface area contributed by atoms with Crippen molar-refractivity contribution in [3.05, 3.63) is 29.8 Å². The third kappa shape index (κ3) is 29.4. The summed E-state index contributed by atoms with van der Waals surface area (Å²) in [6, 6.07) is 6.78. The fourth-order valence-corrected chi connectivity index (χ4v) is 3.71. The molecule has 0 radical (unpaired) electrons. The maximum Gasteiger partial charge on any atom is 0.407 e. The molecule has 0 aromatic heterocycles. The number of benzene rings is 1. The van der Waals surface area contributed by atoms with Gasteiger partial charge < -0.3 is 34.9 Å². The number of carbonyl (C=O) groups is 4. The molecule has 2 rings (SSSR count). The van der Waals surface area contributed by atoms with Gasteiger partial charge in [0.05, 0.1) is 20.3 Å². The number of nitrogens with one attached hydrogen (secondary N) is 3. The van der Waals surface area contributed by atoms with Gasteiger partial charge in [0.15, 0.2) is 0 Å².